The summed E-state index contributed by atoms with van der Waals surface area (Å²) in [5, 5.41) is 28.4. The van der Waals surface area contributed by atoms with Crippen molar-refractivity contribution in [3.63, 3.8) is 0 Å². The number of halogens is 2. The number of carbonyl (C=O) groups excluding carboxylic acids is 1. The number of rotatable bonds is 16. The number of aromatic nitrogens is 8. The number of sulfone groups is 1. The van der Waals surface area contributed by atoms with Crippen LogP contribution in [0.5, 0.6) is 0 Å². The van der Waals surface area contributed by atoms with Crippen LogP contribution in [-0.4, -0.2) is 97.2 Å². The van der Waals surface area contributed by atoms with Crippen LogP contribution in [-0.2, 0) is 42.2 Å². The summed E-state index contributed by atoms with van der Waals surface area (Å²) >= 11 is 2.34. The Labute approximate surface area is 364 Å². The van der Waals surface area contributed by atoms with E-state index in [0.717, 1.165) is 22.9 Å². The van der Waals surface area contributed by atoms with Gasteiger partial charge in [0.1, 0.15) is 23.0 Å². The molecule has 336 valence electrons. The molecular weight excluding hydrogens is 917 g/mol. The van der Waals surface area contributed by atoms with Gasteiger partial charge in [0.2, 0.25) is 21.7 Å². The number of thioether (sulfide) groups is 2. The summed E-state index contributed by atoms with van der Waals surface area (Å²) in [6.07, 6.45) is 1.54. The quantitative estimate of drug-likeness (QED) is 0.0826. The van der Waals surface area contributed by atoms with Gasteiger partial charge in [0.05, 0.1) is 23.6 Å². The van der Waals surface area contributed by atoms with Crippen LogP contribution in [0.1, 0.15) is 68.0 Å². The average molecular weight is 954 g/mol. The van der Waals surface area contributed by atoms with Crippen molar-refractivity contribution >= 4 is 49.4 Å². The SMILES string of the molecule is CC(C)(C)OC(=O)CS(=O)(=O)CCCSc1nonc1-c1noc(=O)n1[C@H]1Cc2ccc(F)cc21.NS(=O)(=O)CCCSc1nonc1-c1noc(=O)n1[C@H]1Cc2ccc(F)cc21. The van der Waals surface area contributed by atoms with Crippen LogP contribution in [0.15, 0.2) is 74.3 Å². The van der Waals surface area contributed by atoms with E-state index >= 15 is 0 Å². The van der Waals surface area contributed by atoms with E-state index in [2.05, 4.69) is 30.9 Å². The van der Waals surface area contributed by atoms with Gasteiger partial charge in [-0.25, -0.2) is 58.7 Å². The maximum Gasteiger partial charge on any atom is 0.442 e. The van der Waals surface area contributed by atoms with Crippen molar-refractivity contribution in [1.82, 2.24) is 40.1 Å². The Morgan fingerprint density at radius 1 is 0.762 bits per heavy atom. The van der Waals surface area contributed by atoms with Crippen molar-refractivity contribution < 1.29 is 53.5 Å². The summed E-state index contributed by atoms with van der Waals surface area (Å²) in [5.41, 5.74) is 2.75. The van der Waals surface area contributed by atoms with Gasteiger partial charge in [-0.2, -0.15) is 0 Å². The molecule has 2 N–H and O–H groups in total. The number of nitrogens with zero attached hydrogens (tertiary/aromatic N) is 8. The first-order chi connectivity index (χ1) is 29.8. The molecule has 0 aliphatic heterocycles. The van der Waals surface area contributed by atoms with Gasteiger partial charge in [-0.15, -0.1) is 23.5 Å². The van der Waals surface area contributed by atoms with Gasteiger partial charge in [-0.05, 0) is 114 Å². The molecule has 0 amide bonds. The van der Waals surface area contributed by atoms with Crippen LogP contribution in [0, 0.1) is 11.6 Å². The third-order valence-corrected chi connectivity index (χ3v) is 13.9. The zero-order valence-electron chi connectivity index (χ0n) is 33.4. The van der Waals surface area contributed by atoms with Gasteiger partial charge < -0.3 is 4.74 Å². The average Bonchev–Trinajstić information content (AvgIpc) is 3.99. The van der Waals surface area contributed by atoms with Crippen molar-refractivity contribution in [2.75, 3.05) is 28.8 Å². The highest BCUT2D eigenvalue weighted by molar-refractivity contribution is 7.99. The normalized spacial score (nSPS) is 15.7. The molecule has 6 aromatic rings. The fourth-order valence-corrected chi connectivity index (χ4v) is 10.4. The fraction of sp³-hybridized carbons (Fsp3) is 0.417. The van der Waals surface area contributed by atoms with E-state index in [1.165, 1.54) is 45.2 Å². The second kappa shape index (κ2) is 18.3. The van der Waals surface area contributed by atoms with Gasteiger partial charge in [-0.3, -0.25) is 13.8 Å². The molecule has 27 heteroatoms. The zero-order valence-corrected chi connectivity index (χ0v) is 36.7. The lowest BCUT2D eigenvalue weighted by atomic mass is 9.83. The summed E-state index contributed by atoms with van der Waals surface area (Å²) < 4.78 is 101. The molecule has 2 aromatic carbocycles. The lowest BCUT2D eigenvalue weighted by Gasteiger charge is -2.30. The molecule has 2 aliphatic rings. The van der Waals surface area contributed by atoms with E-state index in [1.54, 1.807) is 32.9 Å². The lowest BCUT2D eigenvalue weighted by molar-refractivity contribution is -0.151. The summed E-state index contributed by atoms with van der Waals surface area (Å²) in [4.78, 5) is 36.4. The number of esters is 1. The third-order valence-electron chi connectivity index (χ3n) is 9.40. The maximum absolute atomic E-state index is 13.7. The van der Waals surface area contributed by atoms with Crippen LogP contribution in [0.3, 0.4) is 0 Å². The zero-order chi connectivity index (χ0) is 45.3. The second-order valence-corrected chi connectivity index (χ2v) is 21.3. The number of benzene rings is 2. The Kier molecular flexibility index (Phi) is 13.2. The molecule has 2 atom stereocenters. The lowest BCUT2D eigenvalue weighted by Crippen LogP contribution is -2.31. The molecule has 0 bridgehead atoms. The van der Waals surface area contributed by atoms with Gasteiger partial charge in [0.15, 0.2) is 31.3 Å². The van der Waals surface area contributed by atoms with E-state index in [9.17, 15) is 40.0 Å². The molecule has 21 nitrogen and oxygen atoms in total. The van der Waals surface area contributed by atoms with Crippen molar-refractivity contribution in [3.8, 4) is 23.0 Å². The number of hydrogen-bond acceptors (Lipinski definition) is 20. The first-order valence-electron chi connectivity index (χ1n) is 18.8. The number of primary sulfonamides is 1. The second-order valence-electron chi connectivity index (χ2n) is 15.2. The first-order valence-corrected chi connectivity index (χ1v) is 24.3. The number of hydrogen-bond donors (Lipinski definition) is 1. The summed E-state index contributed by atoms with van der Waals surface area (Å²) in [6.45, 7) is 4.98. The van der Waals surface area contributed by atoms with Crippen molar-refractivity contribution in [3.05, 3.63) is 91.4 Å². The topological polar surface area (TPSA) is 294 Å². The van der Waals surface area contributed by atoms with Crippen molar-refractivity contribution in [2.45, 2.75) is 74.2 Å². The van der Waals surface area contributed by atoms with Crippen LogP contribution in [0.4, 0.5) is 8.78 Å². The molecule has 63 heavy (non-hydrogen) atoms. The number of carbonyl (C=O) groups is 1. The number of sulfonamides is 1. The van der Waals surface area contributed by atoms with E-state index in [-0.39, 0.29) is 46.0 Å². The molecule has 0 saturated heterocycles. The molecule has 4 heterocycles. The number of fused-ring (bicyclic) bond motifs is 2. The smallest absolute Gasteiger partial charge is 0.442 e. The van der Waals surface area contributed by atoms with Gasteiger partial charge in [-0.1, -0.05) is 22.4 Å². The molecule has 8 rings (SSSR count). The van der Waals surface area contributed by atoms with Gasteiger partial charge in [0, 0.05) is 11.5 Å². The minimum absolute atomic E-state index is 0.0798. The Balaban J connectivity index is 0.000000193. The fourth-order valence-electron chi connectivity index (χ4n) is 6.66. The highest BCUT2D eigenvalue weighted by Crippen LogP contribution is 2.40. The standard InChI is InChI=1S/C21H23FN4O7S2.C15H14FN5O5S2/c1-21(2,3)31-16(27)11-35(29,30)8-4-7-34-19-17(23-33-25-19)18-24-32-20(28)26(18)15-9-12-5-6-13(22)10-14(12)15;16-9-3-2-8-6-11(10(8)7-9)21-13(19-25-15(21)22)12-14(20-26-18-12)27-4-1-5-28(17,23)24/h5-6,10,15H,4,7-9,11H2,1-3H3;2-3,7,11H,1,4-6H2,(H2,17,23,24)/t15-;11-/m00/s1. The van der Waals surface area contributed by atoms with Crippen LogP contribution < -0.4 is 16.7 Å². The van der Waals surface area contributed by atoms with Crippen LogP contribution in [0.2, 0.25) is 0 Å². The summed E-state index contributed by atoms with van der Waals surface area (Å²) in [7, 11) is -7.20. The molecule has 0 saturated carbocycles. The van der Waals surface area contributed by atoms with Crippen molar-refractivity contribution in [2.24, 2.45) is 5.14 Å². The summed E-state index contributed by atoms with van der Waals surface area (Å²) in [6, 6.07) is 7.88. The van der Waals surface area contributed by atoms with Crippen molar-refractivity contribution in [1.29, 1.82) is 0 Å². The monoisotopic (exact) mass is 953 g/mol. The largest absolute Gasteiger partial charge is 0.459 e. The summed E-state index contributed by atoms with van der Waals surface area (Å²) in [5.74, 6) is -3.24. The molecule has 2 aliphatic carbocycles. The number of ether oxygens (including phenoxy) is 1. The highest BCUT2D eigenvalue weighted by atomic mass is 32.2. The maximum atomic E-state index is 13.7. The highest BCUT2D eigenvalue weighted by Gasteiger charge is 2.36. The molecule has 0 fully saturated rings. The van der Waals surface area contributed by atoms with E-state index in [4.69, 9.17) is 28.2 Å². The third kappa shape index (κ3) is 10.8. The van der Waals surface area contributed by atoms with E-state index in [1.807, 2.05) is 0 Å². The molecule has 0 radical (unpaired) electrons. The van der Waals surface area contributed by atoms with Crippen LogP contribution in [0.25, 0.3) is 23.0 Å². The Bertz CT molecular complexity index is 2990. The molecular formula is C36H37F2N9O12S4. The predicted octanol–water partition coefficient (Wildman–Crippen LogP) is 3.35. The Morgan fingerprint density at radius 2 is 1.22 bits per heavy atom. The molecule has 0 spiro atoms. The number of nitrogens with two attached hydrogens (primary N) is 1. The molecule has 4 aromatic heterocycles. The molecule has 0 unspecified atom stereocenters. The minimum Gasteiger partial charge on any atom is -0.459 e. The van der Waals surface area contributed by atoms with Gasteiger partial charge >= 0.3 is 17.5 Å². The van der Waals surface area contributed by atoms with Crippen LogP contribution >= 0.6 is 23.5 Å². The minimum atomic E-state index is -3.65. The predicted molar refractivity (Wildman–Crippen MR) is 218 cm³/mol. The Morgan fingerprint density at radius 3 is 1.67 bits per heavy atom. The first kappa shape index (κ1) is 45.5. The van der Waals surface area contributed by atoms with E-state index in [0.29, 0.717) is 46.9 Å². The Hall–Kier alpha value is -5.51. The van der Waals surface area contributed by atoms with Gasteiger partial charge in [0.25, 0.3) is 0 Å². The van der Waals surface area contributed by atoms with E-state index < -0.39 is 72.4 Å².